The molecule has 2 heterocycles. The molecule has 1 N–H and O–H groups in total. The van der Waals surface area contributed by atoms with Gasteiger partial charge in [0.1, 0.15) is 0 Å². The summed E-state index contributed by atoms with van der Waals surface area (Å²) < 4.78 is 0. The highest BCUT2D eigenvalue weighted by atomic mass is 16.2. The lowest BCUT2D eigenvalue weighted by molar-refractivity contribution is -0.118. The predicted molar refractivity (Wildman–Crippen MR) is 110 cm³/mol. The molecule has 0 aliphatic carbocycles. The summed E-state index contributed by atoms with van der Waals surface area (Å²) in [6.45, 7) is 4.00. The molecule has 2 aliphatic heterocycles. The molecule has 0 unspecified atom stereocenters. The Hall–Kier alpha value is -2.17. The van der Waals surface area contributed by atoms with E-state index in [1.165, 1.54) is 11.1 Å². The van der Waals surface area contributed by atoms with E-state index in [0.717, 1.165) is 51.1 Å². The molecule has 0 bridgehead atoms. The molecule has 142 valence electrons. The highest BCUT2D eigenvalue weighted by Crippen LogP contribution is 2.37. The van der Waals surface area contributed by atoms with Gasteiger partial charge in [-0.05, 0) is 42.5 Å². The van der Waals surface area contributed by atoms with Crippen LogP contribution in [0.3, 0.4) is 0 Å². The summed E-state index contributed by atoms with van der Waals surface area (Å²) in [5.41, 5.74) is 4.10. The Labute approximate surface area is 162 Å². The van der Waals surface area contributed by atoms with Gasteiger partial charge in [0, 0.05) is 50.9 Å². The molecule has 2 aromatic carbocycles. The van der Waals surface area contributed by atoms with E-state index in [4.69, 9.17) is 0 Å². The van der Waals surface area contributed by atoms with E-state index in [0.29, 0.717) is 6.42 Å². The zero-order chi connectivity index (χ0) is 18.7. The Morgan fingerprint density at radius 3 is 2.56 bits per heavy atom. The van der Waals surface area contributed by atoms with Crippen molar-refractivity contribution in [2.75, 3.05) is 38.1 Å². The van der Waals surface area contributed by atoms with Crippen LogP contribution in [0.25, 0.3) is 0 Å². The van der Waals surface area contributed by atoms with Gasteiger partial charge in [0.25, 0.3) is 0 Å². The fourth-order valence-electron chi connectivity index (χ4n) is 4.56. The van der Waals surface area contributed by atoms with Crippen LogP contribution in [0.2, 0.25) is 0 Å². The number of hydrogen-bond acceptors (Lipinski definition) is 3. The topological polar surface area (TPSA) is 35.6 Å². The Kier molecular flexibility index (Phi) is 5.28. The van der Waals surface area contributed by atoms with Gasteiger partial charge in [-0.25, -0.2) is 0 Å². The molecule has 4 rings (SSSR count). The fraction of sp³-hybridized carbons (Fsp3) is 0.435. The highest BCUT2D eigenvalue weighted by Gasteiger charge is 2.38. The third-order valence-corrected chi connectivity index (χ3v) is 6.26. The molecule has 4 heteroatoms. The fourth-order valence-corrected chi connectivity index (χ4v) is 4.56. The van der Waals surface area contributed by atoms with Gasteiger partial charge in [0.05, 0.1) is 0 Å². The van der Waals surface area contributed by atoms with Gasteiger partial charge in [-0.3, -0.25) is 4.79 Å². The number of amides is 1. The van der Waals surface area contributed by atoms with Crippen LogP contribution in [0, 0.1) is 0 Å². The second-order valence-electron chi connectivity index (χ2n) is 7.80. The second-order valence-corrected chi connectivity index (χ2v) is 7.80. The Bertz CT molecular complexity index is 781. The van der Waals surface area contributed by atoms with Gasteiger partial charge >= 0.3 is 0 Å². The largest absolute Gasteiger partial charge is 0.315 e. The molecule has 0 atom stereocenters. The summed E-state index contributed by atoms with van der Waals surface area (Å²) in [6.07, 6.45) is 3.93. The first-order valence-electron chi connectivity index (χ1n) is 10.1. The number of para-hydroxylation sites is 1. The van der Waals surface area contributed by atoms with Gasteiger partial charge in [0.15, 0.2) is 0 Å². The first-order valence-corrected chi connectivity index (χ1v) is 10.1. The number of likely N-dealkylation sites (tertiary alicyclic amines) is 1. The highest BCUT2D eigenvalue weighted by molar-refractivity contribution is 5.92. The van der Waals surface area contributed by atoms with E-state index in [9.17, 15) is 4.79 Å². The van der Waals surface area contributed by atoms with Crippen molar-refractivity contribution in [3.63, 3.8) is 0 Å². The molecule has 1 fully saturated rings. The molecular formula is C23H29N3O. The molecule has 4 nitrogen and oxygen atoms in total. The molecular weight excluding hydrogens is 334 g/mol. The number of rotatable bonds is 4. The first-order chi connectivity index (χ1) is 13.2. The van der Waals surface area contributed by atoms with E-state index < -0.39 is 0 Å². The molecule has 2 aromatic rings. The lowest BCUT2D eigenvalue weighted by Gasteiger charge is -2.46. The third kappa shape index (κ3) is 3.78. The van der Waals surface area contributed by atoms with Gasteiger partial charge in [0.2, 0.25) is 5.91 Å². The summed E-state index contributed by atoms with van der Waals surface area (Å²) in [5, 5.41) is 3.81. The van der Waals surface area contributed by atoms with E-state index >= 15 is 0 Å². The van der Waals surface area contributed by atoms with E-state index in [1.807, 2.05) is 37.4 Å². The van der Waals surface area contributed by atoms with Gasteiger partial charge in [-0.1, -0.05) is 42.5 Å². The zero-order valence-electron chi connectivity index (χ0n) is 16.2. The minimum Gasteiger partial charge on any atom is -0.315 e. The number of carbonyl (C=O) groups is 1. The van der Waals surface area contributed by atoms with E-state index in [2.05, 4.69) is 34.5 Å². The Morgan fingerprint density at radius 2 is 1.78 bits per heavy atom. The van der Waals surface area contributed by atoms with E-state index in [-0.39, 0.29) is 11.4 Å². The quantitative estimate of drug-likeness (QED) is 0.906. The number of nitrogens with zero attached hydrogens (tertiary/aromatic N) is 2. The first kappa shape index (κ1) is 18.2. The number of nitrogens with one attached hydrogen (secondary N) is 1. The van der Waals surface area contributed by atoms with Gasteiger partial charge in [-0.15, -0.1) is 0 Å². The smallest absolute Gasteiger partial charge is 0.228 e. The standard InChI is InChI=1S/C23H29N3O/c1-25(20-8-3-2-4-9-20)22(27)12-16-26-17-13-23(14-18-26)21-10-6-5-7-19(21)11-15-24-23/h2-10,24H,11-18H2,1H3. The van der Waals surface area contributed by atoms with Crippen LogP contribution in [-0.4, -0.2) is 44.0 Å². The van der Waals surface area contributed by atoms with Crippen molar-refractivity contribution in [1.29, 1.82) is 0 Å². The lowest BCUT2D eigenvalue weighted by atomic mass is 9.76. The normalized spacial score (nSPS) is 18.9. The molecule has 0 saturated carbocycles. The Balaban J connectivity index is 1.32. The number of piperidine rings is 1. The van der Waals surface area contributed by atoms with Crippen LogP contribution < -0.4 is 10.2 Å². The van der Waals surface area contributed by atoms with Crippen LogP contribution in [0.1, 0.15) is 30.4 Å². The molecule has 2 aliphatic rings. The van der Waals surface area contributed by atoms with Gasteiger partial charge < -0.3 is 15.1 Å². The predicted octanol–water partition coefficient (Wildman–Crippen LogP) is 3.18. The van der Waals surface area contributed by atoms with Crippen LogP contribution in [0.4, 0.5) is 5.69 Å². The van der Waals surface area contributed by atoms with Crippen molar-refractivity contribution in [1.82, 2.24) is 10.2 Å². The van der Waals surface area contributed by atoms with Crippen molar-refractivity contribution in [3.05, 3.63) is 65.7 Å². The molecule has 27 heavy (non-hydrogen) atoms. The van der Waals surface area contributed by atoms with Crippen LogP contribution in [-0.2, 0) is 16.8 Å². The molecule has 1 amide bonds. The van der Waals surface area contributed by atoms with Crippen LogP contribution in [0.15, 0.2) is 54.6 Å². The average molecular weight is 364 g/mol. The number of anilines is 1. The maximum Gasteiger partial charge on any atom is 0.228 e. The maximum atomic E-state index is 12.5. The van der Waals surface area contributed by atoms with Crippen molar-refractivity contribution >= 4 is 11.6 Å². The SMILES string of the molecule is CN(C(=O)CCN1CCC2(CC1)NCCc1ccccc12)c1ccccc1. The molecule has 1 saturated heterocycles. The van der Waals surface area contributed by atoms with Crippen molar-refractivity contribution in [2.45, 2.75) is 31.2 Å². The molecule has 0 radical (unpaired) electrons. The van der Waals surface area contributed by atoms with Crippen molar-refractivity contribution in [3.8, 4) is 0 Å². The monoisotopic (exact) mass is 363 g/mol. The number of benzene rings is 2. The molecule has 1 spiro atoms. The summed E-state index contributed by atoms with van der Waals surface area (Å²) >= 11 is 0. The van der Waals surface area contributed by atoms with E-state index in [1.54, 1.807) is 4.90 Å². The van der Waals surface area contributed by atoms with Crippen molar-refractivity contribution < 1.29 is 4.79 Å². The summed E-state index contributed by atoms with van der Waals surface area (Å²) in [6, 6.07) is 18.8. The number of carbonyl (C=O) groups excluding carboxylic acids is 1. The second kappa shape index (κ2) is 7.83. The summed E-state index contributed by atoms with van der Waals surface area (Å²) in [5.74, 6) is 0.183. The lowest BCUT2D eigenvalue weighted by Crippen LogP contribution is -2.54. The minimum atomic E-state index is 0.135. The van der Waals surface area contributed by atoms with Gasteiger partial charge in [-0.2, -0.15) is 0 Å². The summed E-state index contributed by atoms with van der Waals surface area (Å²) in [7, 11) is 1.87. The minimum absolute atomic E-state index is 0.135. The third-order valence-electron chi connectivity index (χ3n) is 6.26. The average Bonchev–Trinajstić information content (AvgIpc) is 2.74. The van der Waals surface area contributed by atoms with Crippen LogP contribution in [0.5, 0.6) is 0 Å². The Morgan fingerprint density at radius 1 is 1.07 bits per heavy atom. The molecule has 0 aromatic heterocycles. The maximum absolute atomic E-state index is 12.5. The summed E-state index contributed by atoms with van der Waals surface area (Å²) in [4.78, 5) is 16.7. The zero-order valence-corrected chi connectivity index (χ0v) is 16.2. The van der Waals surface area contributed by atoms with Crippen LogP contribution >= 0.6 is 0 Å². The number of hydrogen-bond donors (Lipinski definition) is 1. The van der Waals surface area contributed by atoms with Crippen molar-refractivity contribution in [2.24, 2.45) is 0 Å². The number of fused-ring (bicyclic) bond motifs is 2.